The lowest BCUT2D eigenvalue weighted by Gasteiger charge is -2.36. The van der Waals surface area contributed by atoms with Crippen LogP contribution < -0.4 is 10.1 Å². The van der Waals surface area contributed by atoms with Crippen LogP contribution >= 0.6 is 0 Å². The zero-order valence-electron chi connectivity index (χ0n) is 14.4. The molecule has 25 heavy (non-hydrogen) atoms. The maximum Gasteiger partial charge on any atom is 0.216 e. The molecule has 1 N–H and O–H groups in total. The van der Waals surface area contributed by atoms with Gasteiger partial charge in [0.15, 0.2) is 5.82 Å². The summed E-state index contributed by atoms with van der Waals surface area (Å²) < 4.78 is 18.8. The van der Waals surface area contributed by atoms with E-state index >= 15 is 0 Å². The van der Waals surface area contributed by atoms with Crippen LogP contribution in [0.15, 0.2) is 35.1 Å². The zero-order valence-corrected chi connectivity index (χ0v) is 14.4. The fraction of sp³-hybridized carbons (Fsp3) is 0.526. The Morgan fingerprint density at radius 2 is 1.92 bits per heavy atom. The second-order valence-corrected chi connectivity index (χ2v) is 6.82. The average Bonchev–Trinajstić information content (AvgIpc) is 2.82. The van der Waals surface area contributed by atoms with Gasteiger partial charge in [0.25, 0.3) is 0 Å². The number of hydrogen-bond acceptors (Lipinski definition) is 5. The van der Waals surface area contributed by atoms with Gasteiger partial charge in [-0.1, -0.05) is 6.42 Å². The minimum atomic E-state index is -0.273. The van der Waals surface area contributed by atoms with Crippen molar-refractivity contribution in [3.05, 3.63) is 42.1 Å². The van der Waals surface area contributed by atoms with E-state index in [0.717, 1.165) is 37.9 Å². The molecule has 5 nitrogen and oxygen atoms in total. The Bertz CT molecular complexity index is 654. The summed E-state index contributed by atoms with van der Waals surface area (Å²) in [7, 11) is 0. The molecule has 0 unspecified atom stereocenters. The molecular weight excluding hydrogens is 319 g/mol. The molecule has 1 radical (unpaired) electrons. The summed E-state index contributed by atoms with van der Waals surface area (Å²) in [5, 5.41) is 3.12. The van der Waals surface area contributed by atoms with Gasteiger partial charge in [0, 0.05) is 32.2 Å². The van der Waals surface area contributed by atoms with Gasteiger partial charge in [0.1, 0.15) is 17.8 Å². The third-order valence-corrected chi connectivity index (χ3v) is 5.14. The Labute approximate surface area is 148 Å². The summed E-state index contributed by atoms with van der Waals surface area (Å²) in [6.45, 7) is 4.70. The van der Waals surface area contributed by atoms with E-state index in [4.69, 9.17) is 4.74 Å². The predicted octanol–water partition coefficient (Wildman–Crippen LogP) is 2.37. The molecule has 2 fully saturated rings. The number of rotatable bonds is 3. The van der Waals surface area contributed by atoms with Crippen LogP contribution in [0.1, 0.15) is 25.7 Å². The third-order valence-electron chi connectivity index (χ3n) is 5.14. The predicted molar refractivity (Wildman–Crippen MR) is 94.6 cm³/mol. The van der Waals surface area contributed by atoms with Crippen LogP contribution in [0.4, 0.5) is 4.39 Å². The lowest BCUT2D eigenvalue weighted by Crippen LogP contribution is -2.42. The van der Waals surface area contributed by atoms with Crippen LogP contribution in [0.25, 0.3) is 0 Å². The third kappa shape index (κ3) is 3.95. The van der Waals surface area contributed by atoms with Crippen molar-refractivity contribution in [1.82, 2.24) is 15.1 Å². The largest absolute Gasteiger partial charge is 0.441 e. The first-order chi connectivity index (χ1) is 12.3. The molecule has 1 saturated heterocycles. The van der Waals surface area contributed by atoms with E-state index in [1.807, 2.05) is 0 Å². The van der Waals surface area contributed by atoms with Crippen LogP contribution in [-0.4, -0.2) is 54.5 Å². The van der Waals surface area contributed by atoms with E-state index in [1.54, 1.807) is 12.1 Å². The molecule has 0 spiro atoms. The number of ether oxygens (including phenoxy) is 1. The molecule has 0 aromatic heterocycles. The first kappa shape index (κ1) is 16.4. The van der Waals surface area contributed by atoms with Gasteiger partial charge in [-0.05, 0) is 43.5 Å². The standard InChI is InChI=1S/C19H24FN4O/c20-15-5-7-17(8-6-15)25-19-14-21-13-18(22-19)24-10-2-9-23(11-12-24)16-3-1-4-16/h5-8,16,21H,1-4,9-12,14H2. The Morgan fingerprint density at radius 1 is 1.08 bits per heavy atom. The van der Waals surface area contributed by atoms with Gasteiger partial charge in [0.2, 0.25) is 5.90 Å². The minimum Gasteiger partial charge on any atom is -0.441 e. The van der Waals surface area contributed by atoms with Crippen molar-refractivity contribution in [2.75, 3.05) is 32.7 Å². The molecule has 6 heteroatoms. The highest BCUT2D eigenvalue weighted by Crippen LogP contribution is 2.26. The summed E-state index contributed by atoms with van der Waals surface area (Å²) >= 11 is 0. The molecule has 1 aromatic rings. The van der Waals surface area contributed by atoms with E-state index in [1.165, 1.54) is 37.9 Å². The van der Waals surface area contributed by atoms with E-state index in [-0.39, 0.29) is 5.82 Å². The van der Waals surface area contributed by atoms with Crippen molar-refractivity contribution in [1.29, 1.82) is 0 Å². The fourth-order valence-corrected chi connectivity index (χ4v) is 3.50. The van der Waals surface area contributed by atoms with Crippen LogP contribution in [0, 0.1) is 12.0 Å². The van der Waals surface area contributed by atoms with Gasteiger partial charge < -0.3 is 15.0 Å². The van der Waals surface area contributed by atoms with Crippen molar-refractivity contribution >= 4 is 5.90 Å². The van der Waals surface area contributed by atoms with E-state index in [0.29, 0.717) is 18.2 Å². The van der Waals surface area contributed by atoms with Gasteiger partial charge in [-0.2, -0.15) is 4.99 Å². The first-order valence-electron chi connectivity index (χ1n) is 9.14. The summed E-state index contributed by atoms with van der Waals surface area (Å²) in [5.41, 5.74) is 0. The molecule has 3 aliphatic rings. The van der Waals surface area contributed by atoms with E-state index in [9.17, 15) is 4.39 Å². The Balaban J connectivity index is 1.38. The van der Waals surface area contributed by atoms with Crippen molar-refractivity contribution < 1.29 is 9.13 Å². The summed E-state index contributed by atoms with van der Waals surface area (Å²) in [6, 6.07) is 6.80. The second kappa shape index (κ2) is 7.44. The molecule has 2 heterocycles. The SMILES string of the molecule is Fc1ccc(OC2=NC(N3CCCN(C4CCC4)CC3)=[C]NC2)cc1. The number of nitrogens with one attached hydrogen (secondary N) is 1. The van der Waals surface area contributed by atoms with Crippen LogP contribution in [0.3, 0.4) is 0 Å². The highest BCUT2D eigenvalue weighted by atomic mass is 19.1. The van der Waals surface area contributed by atoms with E-state index < -0.39 is 0 Å². The lowest BCUT2D eigenvalue weighted by molar-refractivity contribution is 0.132. The maximum absolute atomic E-state index is 13.0. The fourth-order valence-electron chi connectivity index (χ4n) is 3.50. The normalized spacial score (nSPS) is 22.4. The summed E-state index contributed by atoms with van der Waals surface area (Å²) in [5.74, 6) is 1.71. The van der Waals surface area contributed by atoms with Gasteiger partial charge in [-0.3, -0.25) is 4.90 Å². The first-order valence-corrected chi connectivity index (χ1v) is 9.14. The maximum atomic E-state index is 13.0. The molecule has 0 amide bonds. The molecule has 1 saturated carbocycles. The van der Waals surface area contributed by atoms with Crippen LogP contribution in [0.5, 0.6) is 5.75 Å². The van der Waals surface area contributed by atoms with Crippen LogP contribution in [0.2, 0.25) is 0 Å². The zero-order chi connectivity index (χ0) is 17.1. The lowest BCUT2D eigenvalue weighted by atomic mass is 9.91. The van der Waals surface area contributed by atoms with Gasteiger partial charge in [0.05, 0.1) is 6.54 Å². The van der Waals surface area contributed by atoms with Crippen molar-refractivity contribution in [3.63, 3.8) is 0 Å². The summed E-state index contributed by atoms with van der Waals surface area (Å²) in [4.78, 5) is 9.52. The Morgan fingerprint density at radius 3 is 2.68 bits per heavy atom. The van der Waals surface area contributed by atoms with Gasteiger partial charge in [-0.25, -0.2) is 4.39 Å². The molecule has 0 atom stereocenters. The number of halogens is 1. The van der Waals surface area contributed by atoms with E-state index in [2.05, 4.69) is 26.3 Å². The highest BCUT2D eigenvalue weighted by molar-refractivity contribution is 5.82. The topological polar surface area (TPSA) is 40.1 Å². The average molecular weight is 343 g/mol. The number of nitrogens with zero attached hydrogens (tertiary/aromatic N) is 3. The molecule has 1 aromatic carbocycles. The second-order valence-electron chi connectivity index (χ2n) is 6.82. The van der Waals surface area contributed by atoms with Crippen LogP contribution in [-0.2, 0) is 0 Å². The smallest absolute Gasteiger partial charge is 0.216 e. The molecule has 2 aliphatic heterocycles. The van der Waals surface area contributed by atoms with Crippen molar-refractivity contribution in [3.8, 4) is 5.75 Å². The Kier molecular flexibility index (Phi) is 4.88. The number of benzene rings is 1. The molecule has 133 valence electrons. The van der Waals surface area contributed by atoms with Gasteiger partial charge in [-0.15, -0.1) is 0 Å². The molecule has 1 aliphatic carbocycles. The Hall–Kier alpha value is -2.08. The summed E-state index contributed by atoms with van der Waals surface area (Å²) in [6.07, 6.45) is 8.38. The monoisotopic (exact) mass is 343 g/mol. The molecule has 4 rings (SSSR count). The van der Waals surface area contributed by atoms with Crippen molar-refractivity contribution in [2.45, 2.75) is 31.7 Å². The molecular formula is C19H24FN4O. The van der Waals surface area contributed by atoms with Crippen molar-refractivity contribution in [2.24, 2.45) is 4.99 Å². The minimum absolute atomic E-state index is 0.273. The number of hydrogen-bond donors (Lipinski definition) is 1. The van der Waals surface area contributed by atoms with Gasteiger partial charge >= 0.3 is 0 Å². The highest BCUT2D eigenvalue weighted by Gasteiger charge is 2.27. The quantitative estimate of drug-likeness (QED) is 0.915. The number of aliphatic imine (C=N–C) groups is 1. The molecule has 0 bridgehead atoms.